The van der Waals surface area contributed by atoms with Crippen molar-refractivity contribution < 1.29 is 0 Å². The summed E-state index contributed by atoms with van der Waals surface area (Å²) in [5.41, 5.74) is 0. The smallest absolute Gasteiger partial charge is 0.183 e. The average Bonchev–Trinajstić information content (AvgIpc) is 0.811. The van der Waals surface area contributed by atoms with Gasteiger partial charge < -0.3 is 0 Å². The van der Waals surface area contributed by atoms with E-state index in [9.17, 15) is 0 Å². The van der Waals surface area contributed by atoms with Gasteiger partial charge in [0.25, 0.3) is 0 Å². The van der Waals surface area contributed by atoms with Crippen LogP contribution < -0.4 is 0 Å². The molecule has 0 atom stereocenters. The first-order valence-electron chi connectivity index (χ1n) is 0.538. The van der Waals surface area contributed by atoms with Crippen LogP contribution in [0, 0.1) is 5.00 Å². The second kappa shape index (κ2) is 2.22. The summed E-state index contributed by atoms with van der Waals surface area (Å²) < 4.78 is 0. The molecule has 0 bridgehead atoms. The van der Waals surface area contributed by atoms with E-state index in [1.807, 2.05) is 0 Å². The minimum atomic E-state index is -0.995. The molecule has 0 aromatic rings. The molecule has 1 nitrogen and oxygen atoms in total. The van der Waals surface area contributed by atoms with Crippen molar-refractivity contribution in [2.24, 2.45) is 0 Å². The third-order valence-corrected chi connectivity index (χ3v) is 0. The summed E-state index contributed by atoms with van der Waals surface area (Å²) in [5.74, 6) is 0. The van der Waals surface area contributed by atoms with Gasteiger partial charge in [-0.05, 0) is 0 Å². The highest BCUT2D eigenvalue weighted by molar-refractivity contribution is 9.67. The summed E-state index contributed by atoms with van der Waals surface area (Å²) in [4.78, 5) is -0.995. The van der Waals surface area contributed by atoms with Gasteiger partial charge in [0.1, 0.15) is 0 Å². The molecule has 0 saturated heterocycles. The molecule has 0 rings (SSSR count). The lowest BCUT2D eigenvalue weighted by molar-refractivity contribution is 1.66. The summed E-state index contributed by atoms with van der Waals surface area (Å²) in [6.07, 6.45) is 0. The van der Waals surface area contributed by atoms with Crippen LogP contribution in [0.2, 0.25) is 0 Å². The van der Waals surface area contributed by atoms with Gasteiger partial charge in [-0.2, -0.15) is 0 Å². The van der Waals surface area contributed by atoms with E-state index >= 15 is 0 Å². The Morgan fingerprint density at radius 1 is 1.50 bits per heavy atom. The van der Waals surface area contributed by atoms with Crippen molar-refractivity contribution in [2.75, 3.05) is 0 Å². The minimum Gasteiger partial charge on any atom is -0.220 e. The summed E-state index contributed by atoms with van der Waals surface area (Å²) in [7, 11) is 0. The molecule has 4 heavy (non-hydrogen) atoms. The Balaban J connectivity index is 3.02. The van der Waals surface area contributed by atoms with Gasteiger partial charge in [0.05, 0.1) is 0 Å². The standard InChI is InChI=1S/Br2NP/c1-4(2)3. The van der Waals surface area contributed by atoms with Gasteiger partial charge in [-0.15, -0.1) is 0 Å². The molecule has 0 heterocycles. The molecule has 0 fully saturated rings. The van der Waals surface area contributed by atoms with Crippen molar-refractivity contribution in [2.45, 2.75) is 0 Å². The molecule has 0 N–H and O–H groups in total. The van der Waals surface area contributed by atoms with Crippen LogP contribution in [0.5, 0.6) is 0 Å². The minimum absolute atomic E-state index is 0.995. The Bertz CT molecular complexity index is 52.2. The van der Waals surface area contributed by atoms with E-state index < -0.39 is 4.96 Å². The first-order valence-corrected chi connectivity index (χ1v) is 5.87. The molecular formula is Br2NP. The lowest BCUT2D eigenvalue weighted by Crippen LogP contribution is -0.783. The van der Waals surface area contributed by atoms with Crippen LogP contribution in [0.4, 0.5) is 0 Å². The van der Waals surface area contributed by atoms with Crippen molar-refractivity contribution in [3.05, 3.63) is 0 Å². The maximum absolute atomic E-state index is 7.95. The Kier molecular flexibility index (Phi) is 2.76. The van der Waals surface area contributed by atoms with Gasteiger partial charge >= 0.3 is 0 Å². The first kappa shape index (κ1) is 4.97. The summed E-state index contributed by atoms with van der Waals surface area (Å²) in [5, 5.41) is 7.95. The van der Waals surface area contributed by atoms with E-state index in [0.717, 1.165) is 0 Å². The van der Waals surface area contributed by atoms with Gasteiger partial charge in [0.15, 0.2) is 4.96 Å². The van der Waals surface area contributed by atoms with E-state index in [4.69, 9.17) is 5.00 Å². The van der Waals surface area contributed by atoms with Gasteiger partial charge in [-0.3, -0.25) is 0 Å². The van der Waals surface area contributed by atoms with Crippen LogP contribution in [0.3, 0.4) is 0 Å². The molecule has 0 unspecified atom stereocenters. The zero-order valence-electron chi connectivity index (χ0n) is 1.65. The largest absolute Gasteiger partial charge is 0.220 e. The quantitative estimate of drug-likeness (QED) is 0.557. The fourth-order valence-corrected chi connectivity index (χ4v) is 0. The zero-order chi connectivity index (χ0) is 3.58. The highest BCUT2D eigenvalue weighted by atomic mass is 79.9. The van der Waals surface area contributed by atoms with Crippen molar-refractivity contribution in [3.63, 3.8) is 0 Å². The molecule has 4 heteroatoms. The monoisotopic (exact) mass is 203 g/mol. The number of halogens is 2. The fraction of sp³-hybridized carbons (Fsp3) is 0. The van der Waals surface area contributed by atoms with Crippen molar-refractivity contribution in [1.82, 2.24) is 0 Å². The Morgan fingerprint density at radius 3 is 1.50 bits per heavy atom. The topological polar surface area (TPSA) is 23.8 Å². The van der Waals surface area contributed by atoms with Crippen molar-refractivity contribution >= 4 is 35.9 Å². The molecule has 0 spiro atoms. The molecule has 0 aliphatic carbocycles. The Labute approximate surface area is 41.2 Å². The summed E-state index contributed by atoms with van der Waals surface area (Å²) in [6.45, 7) is 0. The highest BCUT2D eigenvalue weighted by Crippen LogP contribution is 2.34. The molecule has 0 aliphatic heterocycles. The fourth-order valence-electron chi connectivity index (χ4n) is 0. The lowest BCUT2D eigenvalue weighted by Gasteiger charge is -1.45. The van der Waals surface area contributed by atoms with E-state index in [2.05, 4.69) is 31.0 Å². The van der Waals surface area contributed by atoms with E-state index in [0.29, 0.717) is 0 Å². The normalized spacial score (nSPS) is 6.25. The zero-order valence-corrected chi connectivity index (χ0v) is 5.72. The highest BCUT2D eigenvalue weighted by Gasteiger charge is 1.62. The van der Waals surface area contributed by atoms with Crippen molar-refractivity contribution in [3.8, 4) is 0 Å². The Hall–Kier alpha value is 0.970. The summed E-state index contributed by atoms with van der Waals surface area (Å²) in [6, 6.07) is 0. The average molecular weight is 205 g/mol. The molecule has 0 radical (unpaired) electrons. The van der Waals surface area contributed by atoms with Gasteiger partial charge in [0.2, 0.25) is 0 Å². The van der Waals surface area contributed by atoms with Gasteiger partial charge in [-0.1, -0.05) is 0 Å². The third kappa shape index (κ3) is 12.3. The molecule has 0 aliphatic rings. The van der Waals surface area contributed by atoms with Gasteiger partial charge in [-0.25, -0.2) is 5.00 Å². The van der Waals surface area contributed by atoms with E-state index in [1.54, 1.807) is 0 Å². The maximum atomic E-state index is 7.95. The molecular weight excluding hydrogens is 205 g/mol. The summed E-state index contributed by atoms with van der Waals surface area (Å²) >= 11 is 5.62. The van der Waals surface area contributed by atoms with Crippen LogP contribution >= 0.6 is 35.9 Å². The number of hydrogen-bond donors (Lipinski definition) is 0. The molecule has 24 valence electrons. The van der Waals surface area contributed by atoms with Crippen molar-refractivity contribution in [1.29, 1.82) is 5.00 Å². The third-order valence-electron chi connectivity index (χ3n) is 0. The van der Waals surface area contributed by atoms with Crippen LogP contribution in [0.1, 0.15) is 0 Å². The molecule has 0 saturated carbocycles. The van der Waals surface area contributed by atoms with E-state index in [1.165, 1.54) is 0 Å². The number of nitrogens with zero attached hydrogens (tertiary/aromatic N) is 1. The second-order valence-corrected chi connectivity index (χ2v) is 7.53. The predicted octanol–water partition coefficient (Wildman–Crippen LogP) is 2.57. The lowest BCUT2D eigenvalue weighted by atomic mass is 14.0. The van der Waals surface area contributed by atoms with Gasteiger partial charge in [0, 0.05) is 31.0 Å². The predicted molar refractivity (Wildman–Crippen MR) is 26.5 cm³/mol. The van der Waals surface area contributed by atoms with Crippen LogP contribution in [-0.2, 0) is 0 Å². The molecule has 0 aromatic heterocycles. The molecule has 0 amide bonds. The second-order valence-electron chi connectivity index (χ2n) is 0.215. The number of rotatable bonds is 0. The van der Waals surface area contributed by atoms with E-state index in [-0.39, 0.29) is 0 Å². The number of hydrogen-bond acceptors (Lipinski definition) is 1. The maximum Gasteiger partial charge on any atom is 0.183 e. The first-order chi connectivity index (χ1) is 1.73. The van der Waals surface area contributed by atoms with Crippen LogP contribution in [0.15, 0.2) is 0 Å². The molecule has 0 aromatic carbocycles. The Morgan fingerprint density at radius 2 is 1.50 bits per heavy atom. The SMILES string of the molecule is N#P(Br)Br. The van der Waals surface area contributed by atoms with Crippen LogP contribution in [0.25, 0.3) is 0 Å². The van der Waals surface area contributed by atoms with Crippen LogP contribution in [-0.4, -0.2) is 0 Å².